The highest BCUT2D eigenvalue weighted by Gasteiger charge is 2.16. The maximum Gasteiger partial charge on any atom is 0.308 e. The third-order valence-electron chi connectivity index (χ3n) is 2.51. The number of hydrogen-bond acceptors (Lipinski definition) is 3. The van der Waals surface area contributed by atoms with E-state index in [1.807, 2.05) is 0 Å². The van der Waals surface area contributed by atoms with E-state index in [0.717, 1.165) is 5.69 Å². The standard InChI is InChI=1S/C12H16N2O3/c1-3-9(12(16)17)7-14-11(15)10-4-5-13-8(2)6-10/h4-6,9H,3,7H2,1-2H3,(H,14,15)(H,16,17). The van der Waals surface area contributed by atoms with Crippen LogP contribution in [0.25, 0.3) is 0 Å². The SMILES string of the molecule is CCC(CNC(=O)c1ccnc(C)c1)C(=O)O. The van der Waals surface area contributed by atoms with Crippen LogP contribution in [0.2, 0.25) is 0 Å². The summed E-state index contributed by atoms with van der Waals surface area (Å²) in [6.45, 7) is 3.72. The van der Waals surface area contributed by atoms with Crippen LogP contribution in [0.5, 0.6) is 0 Å². The van der Waals surface area contributed by atoms with E-state index < -0.39 is 11.9 Å². The van der Waals surface area contributed by atoms with Gasteiger partial charge in [0, 0.05) is 24.0 Å². The number of carbonyl (C=O) groups is 2. The summed E-state index contributed by atoms with van der Waals surface area (Å²) in [5.41, 5.74) is 1.25. The summed E-state index contributed by atoms with van der Waals surface area (Å²) in [6, 6.07) is 3.26. The molecule has 0 aromatic carbocycles. The number of rotatable bonds is 5. The maximum absolute atomic E-state index is 11.7. The molecule has 1 aromatic heterocycles. The molecule has 0 fully saturated rings. The van der Waals surface area contributed by atoms with E-state index >= 15 is 0 Å². The molecule has 1 heterocycles. The number of hydrogen-bond donors (Lipinski definition) is 2. The Labute approximate surface area is 99.9 Å². The zero-order chi connectivity index (χ0) is 12.8. The van der Waals surface area contributed by atoms with Crippen molar-refractivity contribution in [2.24, 2.45) is 5.92 Å². The molecule has 5 nitrogen and oxygen atoms in total. The molecule has 0 aliphatic carbocycles. The zero-order valence-electron chi connectivity index (χ0n) is 9.93. The van der Waals surface area contributed by atoms with Crippen molar-refractivity contribution in [2.75, 3.05) is 6.54 Å². The number of nitrogens with zero attached hydrogens (tertiary/aromatic N) is 1. The normalized spacial score (nSPS) is 11.9. The number of carboxylic acids is 1. The molecular weight excluding hydrogens is 220 g/mol. The molecule has 0 bridgehead atoms. The summed E-state index contributed by atoms with van der Waals surface area (Å²) in [7, 11) is 0. The second-order valence-corrected chi connectivity index (χ2v) is 3.84. The number of carboxylic acid groups (broad SMARTS) is 1. The van der Waals surface area contributed by atoms with Crippen molar-refractivity contribution < 1.29 is 14.7 Å². The van der Waals surface area contributed by atoms with Crippen LogP contribution in [0.1, 0.15) is 29.4 Å². The van der Waals surface area contributed by atoms with E-state index in [1.165, 1.54) is 0 Å². The molecule has 17 heavy (non-hydrogen) atoms. The number of aromatic nitrogens is 1. The molecule has 5 heteroatoms. The molecule has 1 atom stereocenters. The van der Waals surface area contributed by atoms with Gasteiger partial charge in [0.2, 0.25) is 0 Å². The van der Waals surface area contributed by atoms with Crippen LogP contribution in [0, 0.1) is 12.8 Å². The fourth-order valence-electron chi connectivity index (χ4n) is 1.41. The second-order valence-electron chi connectivity index (χ2n) is 3.84. The summed E-state index contributed by atoms with van der Waals surface area (Å²) in [6.07, 6.45) is 2.05. The van der Waals surface area contributed by atoms with Gasteiger partial charge in [-0.2, -0.15) is 0 Å². The van der Waals surface area contributed by atoms with Crippen LogP contribution >= 0.6 is 0 Å². The smallest absolute Gasteiger partial charge is 0.308 e. The first-order chi connectivity index (χ1) is 8.04. The van der Waals surface area contributed by atoms with E-state index in [9.17, 15) is 9.59 Å². The zero-order valence-corrected chi connectivity index (χ0v) is 9.93. The van der Waals surface area contributed by atoms with Gasteiger partial charge in [0.25, 0.3) is 5.91 Å². The van der Waals surface area contributed by atoms with Gasteiger partial charge in [-0.15, -0.1) is 0 Å². The monoisotopic (exact) mass is 236 g/mol. The van der Waals surface area contributed by atoms with Crippen molar-refractivity contribution in [1.29, 1.82) is 0 Å². The molecule has 0 radical (unpaired) electrons. The van der Waals surface area contributed by atoms with Gasteiger partial charge in [-0.1, -0.05) is 6.92 Å². The molecule has 0 spiro atoms. The van der Waals surface area contributed by atoms with E-state index in [4.69, 9.17) is 5.11 Å². The first-order valence-electron chi connectivity index (χ1n) is 5.48. The van der Waals surface area contributed by atoms with Crippen LogP contribution < -0.4 is 5.32 Å². The molecule has 0 saturated heterocycles. The lowest BCUT2D eigenvalue weighted by Crippen LogP contribution is -2.32. The van der Waals surface area contributed by atoms with E-state index in [1.54, 1.807) is 32.2 Å². The van der Waals surface area contributed by atoms with Crippen molar-refractivity contribution in [1.82, 2.24) is 10.3 Å². The Bertz CT molecular complexity index is 418. The average molecular weight is 236 g/mol. The highest BCUT2D eigenvalue weighted by atomic mass is 16.4. The Morgan fingerprint density at radius 3 is 2.76 bits per heavy atom. The number of aryl methyl sites for hydroxylation is 1. The summed E-state index contributed by atoms with van der Waals surface area (Å²) in [5.74, 6) is -1.70. The first kappa shape index (κ1) is 13.2. The Morgan fingerprint density at radius 2 is 2.24 bits per heavy atom. The van der Waals surface area contributed by atoms with Gasteiger partial charge in [0.15, 0.2) is 0 Å². The quantitative estimate of drug-likeness (QED) is 0.805. The number of amides is 1. The Hall–Kier alpha value is -1.91. The number of carbonyl (C=O) groups excluding carboxylic acids is 1. The van der Waals surface area contributed by atoms with Crippen molar-refractivity contribution in [3.63, 3.8) is 0 Å². The minimum absolute atomic E-state index is 0.145. The molecule has 92 valence electrons. The Morgan fingerprint density at radius 1 is 1.53 bits per heavy atom. The molecule has 0 saturated carbocycles. The predicted octanol–water partition coefficient (Wildman–Crippen LogP) is 1.23. The van der Waals surface area contributed by atoms with E-state index in [0.29, 0.717) is 12.0 Å². The minimum Gasteiger partial charge on any atom is -0.481 e. The average Bonchev–Trinajstić information content (AvgIpc) is 2.29. The van der Waals surface area contributed by atoms with Gasteiger partial charge in [0.1, 0.15) is 0 Å². The largest absolute Gasteiger partial charge is 0.481 e. The molecule has 1 unspecified atom stereocenters. The topological polar surface area (TPSA) is 79.3 Å². The van der Waals surface area contributed by atoms with Gasteiger partial charge in [-0.05, 0) is 25.5 Å². The molecule has 0 aliphatic rings. The summed E-state index contributed by atoms with van der Waals surface area (Å²) in [5, 5.41) is 11.5. The lowest BCUT2D eigenvalue weighted by atomic mass is 10.1. The lowest BCUT2D eigenvalue weighted by Gasteiger charge is -2.11. The van der Waals surface area contributed by atoms with Gasteiger partial charge in [-0.3, -0.25) is 14.6 Å². The Kier molecular flexibility index (Phi) is 4.63. The van der Waals surface area contributed by atoms with Crippen LogP contribution in [0.15, 0.2) is 18.3 Å². The third kappa shape index (κ3) is 3.86. The molecule has 1 rings (SSSR count). The van der Waals surface area contributed by atoms with Crippen molar-refractivity contribution in [2.45, 2.75) is 20.3 Å². The van der Waals surface area contributed by atoms with Crippen LogP contribution in [-0.2, 0) is 4.79 Å². The maximum atomic E-state index is 11.7. The highest BCUT2D eigenvalue weighted by molar-refractivity contribution is 5.94. The van der Waals surface area contributed by atoms with Gasteiger partial charge in [0.05, 0.1) is 5.92 Å². The molecule has 1 amide bonds. The summed E-state index contributed by atoms with van der Waals surface area (Å²) < 4.78 is 0. The van der Waals surface area contributed by atoms with Gasteiger partial charge >= 0.3 is 5.97 Å². The highest BCUT2D eigenvalue weighted by Crippen LogP contribution is 2.03. The number of nitrogens with one attached hydrogen (secondary N) is 1. The molecule has 1 aromatic rings. The second kappa shape index (κ2) is 5.98. The van der Waals surface area contributed by atoms with Gasteiger partial charge in [-0.25, -0.2) is 0 Å². The van der Waals surface area contributed by atoms with E-state index in [2.05, 4.69) is 10.3 Å². The predicted molar refractivity (Wildman–Crippen MR) is 62.7 cm³/mol. The third-order valence-corrected chi connectivity index (χ3v) is 2.51. The number of aliphatic carboxylic acids is 1. The Balaban J connectivity index is 2.58. The van der Waals surface area contributed by atoms with Crippen LogP contribution in [0.4, 0.5) is 0 Å². The first-order valence-corrected chi connectivity index (χ1v) is 5.48. The molecule has 2 N–H and O–H groups in total. The number of pyridine rings is 1. The minimum atomic E-state index is -0.890. The van der Waals surface area contributed by atoms with Gasteiger partial charge < -0.3 is 10.4 Å². The van der Waals surface area contributed by atoms with Crippen molar-refractivity contribution >= 4 is 11.9 Å². The fourth-order valence-corrected chi connectivity index (χ4v) is 1.41. The van der Waals surface area contributed by atoms with Crippen LogP contribution in [0.3, 0.4) is 0 Å². The van der Waals surface area contributed by atoms with Crippen molar-refractivity contribution in [3.8, 4) is 0 Å². The summed E-state index contributed by atoms with van der Waals surface area (Å²) >= 11 is 0. The molecule has 0 aliphatic heterocycles. The van der Waals surface area contributed by atoms with Crippen LogP contribution in [-0.4, -0.2) is 28.5 Å². The van der Waals surface area contributed by atoms with Crippen molar-refractivity contribution in [3.05, 3.63) is 29.6 Å². The van der Waals surface area contributed by atoms with E-state index in [-0.39, 0.29) is 12.5 Å². The fraction of sp³-hybridized carbons (Fsp3) is 0.417. The lowest BCUT2D eigenvalue weighted by molar-refractivity contribution is -0.141. The molecular formula is C12H16N2O3. The summed E-state index contributed by atoms with van der Waals surface area (Å²) in [4.78, 5) is 26.5.